The number of amides is 1. The highest BCUT2D eigenvalue weighted by Crippen LogP contribution is 2.27. The Balaban J connectivity index is 1.44. The van der Waals surface area contributed by atoms with Gasteiger partial charge >= 0.3 is 0 Å². The first kappa shape index (κ1) is 16.7. The van der Waals surface area contributed by atoms with Crippen LogP contribution in [0.3, 0.4) is 0 Å². The molecule has 3 heterocycles. The Morgan fingerprint density at radius 2 is 2.20 bits per heavy atom. The van der Waals surface area contributed by atoms with Crippen LogP contribution in [0.2, 0.25) is 0 Å². The molecule has 0 bridgehead atoms. The summed E-state index contributed by atoms with van der Waals surface area (Å²) < 4.78 is 5.97. The van der Waals surface area contributed by atoms with E-state index >= 15 is 0 Å². The number of nitrogens with zero attached hydrogens (tertiary/aromatic N) is 4. The minimum absolute atomic E-state index is 0.0196. The number of ether oxygens (including phenoxy) is 1. The molecule has 1 unspecified atom stereocenters. The van der Waals surface area contributed by atoms with Crippen LogP contribution in [0.4, 0.5) is 0 Å². The summed E-state index contributed by atoms with van der Waals surface area (Å²) in [6.45, 7) is 4.34. The number of morpholine rings is 1. The molecule has 25 heavy (non-hydrogen) atoms. The van der Waals surface area contributed by atoms with Gasteiger partial charge in [0.2, 0.25) is 0 Å². The molecule has 1 aromatic rings. The number of allylic oxidation sites excluding steroid dienone is 2. The lowest BCUT2D eigenvalue weighted by Crippen LogP contribution is -2.61. The summed E-state index contributed by atoms with van der Waals surface area (Å²) in [7, 11) is 0. The van der Waals surface area contributed by atoms with E-state index in [0.717, 1.165) is 32.0 Å². The molecular weight excluding hydrogens is 316 g/mol. The molecule has 4 rings (SSSR count). The first-order chi connectivity index (χ1) is 12.3. The molecule has 3 aliphatic rings. The lowest BCUT2D eigenvalue weighted by atomic mass is 9.92. The third-order valence-electron chi connectivity index (χ3n) is 5.61. The van der Waals surface area contributed by atoms with Gasteiger partial charge in [-0.1, -0.05) is 12.2 Å². The quantitative estimate of drug-likeness (QED) is 0.783. The third-order valence-corrected chi connectivity index (χ3v) is 5.61. The molecule has 1 amide bonds. The number of carbonyl (C=O) groups is 1. The molecule has 0 radical (unpaired) electrons. The Hall–Kier alpha value is -1.79. The average molecular weight is 342 g/mol. The van der Waals surface area contributed by atoms with Gasteiger partial charge in [0.25, 0.3) is 5.91 Å². The Bertz CT molecular complexity index is 621. The summed E-state index contributed by atoms with van der Waals surface area (Å²) in [5.41, 5.74) is 0.428. The van der Waals surface area contributed by atoms with Gasteiger partial charge in [0.05, 0.1) is 24.9 Å². The van der Waals surface area contributed by atoms with Crippen molar-refractivity contribution in [3.8, 4) is 0 Å². The van der Waals surface area contributed by atoms with Crippen LogP contribution < -0.4 is 0 Å². The van der Waals surface area contributed by atoms with E-state index in [9.17, 15) is 4.79 Å². The molecular formula is C19H26N4O2. The topological polar surface area (TPSA) is 58.6 Å². The SMILES string of the molecule is O=C(c1cnccn1)N1CCO[C@H]2CCN(CC3CC=CCC3)C[C@@H]21. The second kappa shape index (κ2) is 7.62. The van der Waals surface area contributed by atoms with Gasteiger partial charge < -0.3 is 14.5 Å². The minimum atomic E-state index is -0.0196. The summed E-state index contributed by atoms with van der Waals surface area (Å²) >= 11 is 0. The van der Waals surface area contributed by atoms with Crippen LogP contribution in [-0.4, -0.2) is 70.6 Å². The highest BCUT2D eigenvalue weighted by molar-refractivity contribution is 5.92. The Morgan fingerprint density at radius 3 is 3.00 bits per heavy atom. The lowest BCUT2D eigenvalue weighted by molar-refractivity contribution is -0.0919. The highest BCUT2D eigenvalue weighted by Gasteiger charge is 2.40. The molecule has 1 aliphatic carbocycles. The third kappa shape index (κ3) is 3.75. The zero-order valence-electron chi connectivity index (χ0n) is 14.6. The summed E-state index contributed by atoms with van der Waals surface area (Å²) in [5.74, 6) is 0.726. The Kier molecular flexibility index (Phi) is 5.08. The maximum atomic E-state index is 12.9. The highest BCUT2D eigenvalue weighted by atomic mass is 16.5. The molecule has 0 saturated carbocycles. The maximum absolute atomic E-state index is 12.9. The monoisotopic (exact) mass is 342 g/mol. The van der Waals surface area contributed by atoms with Crippen LogP contribution in [0.1, 0.15) is 36.2 Å². The molecule has 134 valence electrons. The Labute approximate surface area is 148 Å². The molecule has 0 N–H and O–H groups in total. The standard InChI is InChI=1S/C19H26N4O2/c24-19(16-12-20-7-8-21-16)23-10-11-25-18-6-9-22(14-17(18)23)13-15-4-2-1-3-5-15/h1-2,7-8,12,15,17-18H,3-6,9-11,13-14H2/t15?,17-,18-/m0/s1. The molecule has 2 fully saturated rings. The van der Waals surface area contributed by atoms with E-state index in [0.29, 0.717) is 18.8 Å². The number of likely N-dealkylation sites (tertiary alicyclic amines) is 1. The van der Waals surface area contributed by atoms with E-state index in [-0.39, 0.29) is 18.1 Å². The fourth-order valence-electron chi connectivity index (χ4n) is 4.30. The van der Waals surface area contributed by atoms with Crippen molar-refractivity contribution in [2.75, 3.05) is 32.8 Å². The number of rotatable bonds is 3. The summed E-state index contributed by atoms with van der Waals surface area (Å²) in [6, 6.07) is 0.121. The van der Waals surface area contributed by atoms with Crippen molar-refractivity contribution in [1.82, 2.24) is 19.8 Å². The smallest absolute Gasteiger partial charge is 0.274 e. The number of piperidine rings is 1. The molecule has 2 saturated heterocycles. The number of carbonyl (C=O) groups excluding carboxylic acids is 1. The normalized spacial score (nSPS) is 30.1. The van der Waals surface area contributed by atoms with Crippen molar-refractivity contribution < 1.29 is 9.53 Å². The number of aromatic nitrogens is 2. The molecule has 0 aromatic carbocycles. The first-order valence-corrected chi connectivity index (χ1v) is 9.37. The molecule has 1 aromatic heterocycles. The van der Waals surface area contributed by atoms with E-state index in [1.165, 1.54) is 19.3 Å². The van der Waals surface area contributed by atoms with Gasteiger partial charge in [-0.25, -0.2) is 4.98 Å². The van der Waals surface area contributed by atoms with Crippen molar-refractivity contribution in [3.05, 3.63) is 36.4 Å². The van der Waals surface area contributed by atoms with Gasteiger partial charge in [-0.05, 0) is 31.6 Å². The summed E-state index contributed by atoms with van der Waals surface area (Å²) in [4.78, 5) is 25.6. The van der Waals surface area contributed by atoms with Crippen LogP contribution >= 0.6 is 0 Å². The summed E-state index contributed by atoms with van der Waals surface area (Å²) in [6.07, 6.45) is 14.1. The molecule has 6 nitrogen and oxygen atoms in total. The van der Waals surface area contributed by atoms with Gasteiger partial charge in [-0.15, -0.1) is 0 Å². The fraction of sp³-hybridized carbons (Fsp3) is 0.632. The van der Waals surface area contributed by atoms with Crippen LogP contribution in [0, 0.1) is 5.92 Å². The van der Waals surface area contributed by atoms with E-state index < -0.39 is 0 Å². The van der Waals surface area contributed by atoms with Crippen LogP contribution in [0.25, 0.3) is 0 Å². The predicted octanol–water partition coefficient (Wildman–Crippen LogP) is 1.75. The Morgan fingerprint density at radius 1 is 1.24 bits per heavy atom. The van der Waals surface area contributed by atoms with Gasteiger partial charge in [-0.3, -0.25) is 9.78 Å². The van der Waals surface area contributed by atoms with Gasteiger partial charge in [0, 0.05) is 38.6 Å². The van der Waals surface area contributed by atoms with Crippen molar-refractivity contribution in [2.45, 2.75) is 37.8 Å². The largest absolute Gasteiger partial charge is 0.374 e. The molecule has 6 heteroatoms. The lowest BCUT2D eigenvalue weighted by Gasteiger charge is -2.47. The van der Waals surface area contributed by atoms with Crippen molar-refractivity contribution in [1.29, 1.82) is 0 Å². The molecule has 3 atom stereocenters. The van der Waals surface area contributed by atoms with E-state index in [1.54, 1.807) is 18.6 Å². The average Bonchev–Trinajstić information content (AvgIpc) is 2.68. The number of fused-ring (bicyclic) bond motifs is 1. The van der Waals surface area contributed by atoms with Gasteiger partial charge in [-0.2, -0.15) is 0 Å². The van der Waals surface area contributed by atoms with E-state index in [2.05, 4.69) is 27.0 Å². The second-order valence-electron chi connectivity index (χ2n) is 7.26. The van der Waals surface area contributed by atoms with Crippen molar-refractivity contribution in [2.24, 2.45) is 5.92 Å². The minimum Gasteiger partial charge on any atom is -0.374 e. The number of hydrogen-bond donors (Lipinski definition) is 0. The van der Waals surface area contributed by atoms with Crippen LogP contribution in [0.5, 0.6) is 0 Å². The van der Waals surface area contributed by atoms with Crippen molar-refractivity contribution in [3.63, 3.8) is 0 Å². The van der Waals surface area contributed by atoms with Crippen molar-refractivity contribution >= 4 is 5.91 Å². The fourth-order valence-corrected chi connectivity index (χ4v) is 4.30. The summed E-state index contributed by atoms with van der Waals surface area (Å²) in [5, 5.41) is 0. The van der Waals surface area contributed by atoms with Gasteiger partial charge in [0.1, 0.15) is 5.69 Å². The van der Waals surface area contributed by atoms with Crippen LogP contribution in [0.15, 0.2) is 30.7 Å². The second-order valence-corrected chi connectivity index (χ2v) is 7.26. The van der Waals surface area contributed by atoms with Gasteiger partial charge in [0.15, 0.2) is 0 Å². The number of hydrogen-bond acceptors (Lipinski definition) is 5. The predicted molar refractivity (Wildman–Crippen MR) is 94.1 cm³/mol. The zero-order chi connectivity index (χ0) is 17.1. The van der Waals surface area contributed by atoms with E-state index in [1.807, 2.05) is 4.90 Å². The first-order valence-electron chi connectivity index (χ1n) is 9.37. The molecule has 0 spiro atoms. The molecule has 2 aliphatic heterocycles. The van der Waals surface area contributed by atoms with Crippen LogP contribution in [-0.2, 0) is 4.74 Å². The van der Waals surface area contributed by atoms with E-state index in [4.69, 9.17) is 4.74 Å². The maximum Gasteiger partial charge on any atom is 0.274 e. The zero-order valence-corrected chi connectivity index (χ0v) is 14.6.